The lowest BCUT2D eigenvalue weighted by molar-refractivity contribution is -0.0432. The maximum absolute atomic E-state index is 12.3. The summed E-state index contributed by atoms with van der Waals surface area (Å²) in [4.78, 5) is 71.7. The summed E-state index contributed by atoms with van der Waals surface area (Å²) >= 11 is 0. The Hall–Kier alpha value is -8.79. The van der Waals surface area contributed by atoms with Gasteiger partial charge in [-0.1, -0.05) is 48.5 Å². The molecule has 5 aromatic carbocycles. The zero-order chi connectivity index (χ0) is 73.0. The lowest BCUT2D eigenvalue weighted by Gasteiger charge is -2.37. The van der Waals surface area contributed by atoms with Crippen molar-refractivity contribution in [3.05, 3.63) is 144 Å². The minimum atomic E-state index is -0.480. The van der Waals surface area contributed by atoms with Crippen LogP contribution in [0.2, 0.25) is 0 Å². The van der Waals surface area contributed by atoms with Crippen molar-refractivity contribution in [3.8, 4) is 0 Å². The Bertz CT molecular complexity index is 3230. The van der Waals surface area contributed by atoms with Crippen LogP contribution >= 0.6 is 0 Å². The summed E-state index contributed by atoms with van der Waals surface area (Å²) in [6.07, 6.45) is 5.78. The zero-order valence-corrected chi connectivity index (χ0v) is 61.6. The van der Waals surface area contributed by atoms with E-state index in [9.17, 15) is 24.0 Å². The maximum Gasteiger partial charge on any atom is 0.410 e. The number of likely N-dealkylation sites (tertiary alicyclic amines) is 3. The summed E-state index contributed by atoms with van der Waals surface area (Å²) in [5, 5.41) is 0. The number of morpholine rings is 1. The van der Waals surface area contributed by atoms with E-state index < -0.39 is 28.0 Å². The van der Waals surface area contributed by atoms with Gasteiger partial charge < -0.3 is 86.5 Å². The molecular weight excluding hydrogens is 1250 g/mol. The van der Waals surface area contributed by atoms with E-state index in [0.717, 1.165) is 129 Å². The first-order valence-corrected chi connectivity index (χ1v) is 34.9. The molecular formula is C77H115N11O11. The molecule has 5 aliphatic rings. The van der Waals surface area contributed by atoms with Crippen LogP contribution in [0.4, 0.5) is 58.1 Å². The quantitative estimate of drug-likeness (QED) is 0.0807. The van der Waals surface area contributed by atoms with Gasteiger partial charge in [-0.2, -0.15) is 0 Å². The molecule has 5 aliphatic heterocycles. The second-order valence-electron chi connectivity index (χ2n) is 30.8. The number of rotatable bonds is 5. The monoisotopic (exact) mass is 1370 g/mol. The van der Waals surface area contributed by atoms with Gasteiger partial charge in [-0.15, -0.1) is 0 Å². The van der Waals surface area contributed by atoms with E-state index in [1.165, 1.54) is 5.56 Å². The molecule has 0 radical (unpaired) electrons. The molecule has 5 fully saturated rings. The molecule has 0 spiro atoms. The van der Waals surface area contributed by atoms with Gasteiger partial charge in [0.05, 0.1) is 25.2 Å². The fraction of sp³-hybridized carbons (Fsp3) is 0.545. The summed E-state index contributed by atoms with van der Waals surface area (Å²) in [5.74, 6) is 0.509. The Labute approximate surface area is 589 Å². The Balaban J connectivity index is 0.000000195. The maximum atomic E-state index is 12.3. The average molecular weight is 1370 g/mol. The molecule has 22 nitrogen and oxygen atoms in total. The number of anilines is 6. The number of amides is 5. The number of benzene rings is 5. The van der Waals surface area contributed by atoms with Crippen LogP contribution in [0.25, 0.3) is 0 Å². The third kappa shape index (κ3) is 27.5. The standard InChI is InChI=1S/2C16H24N2O2.C15H23N3O2.C15H22N2O3.C15H22N2O2/c1-16(2,3)20-15(19)18-10-8-13(9-11-18)12-4-6-14(17)7-5-12;1-16(2,3)20-15(19)18-11-5-4-6-14(18)12-7-9-13(17)10-8-12;1-15(2,3)20-14(19)18-10-8-17(9-11-18)13-6-4-12(16)5-7-13;1-15(2,3)20-14(18)17-8-9-19-13(10-17)11-4-6-12(16)7-5-11;1-15(2,3)19-14(18)17-10-4-5-13(17)11-6-8-12(16)9-7-11/h4-7,13H,8-11,17H2,1-3H3;7-10,14H,4-6,11,17H2,1-3H3;4-7H,8-11,16H2,1-3H3;4-7,13H,8-10,16H2,1-3H3;6-9,13H,4-5,10,16H2,1-3H3. The molecule has 10 N–H and O–H groups in total. The average Bonchev–Trinajstić information content (AvgIpc) is 1.52. The number of piperidine rings is 2. The van der Waals surface area contributed by atoms with Gasteiger partial charge in [0.25, 0.3) is 0 Å². The number of carbonyl (C=O) groups is 5. The highest BCUT2D eigenvalue weighted by atomic mass is 16.6. The minimum Gasteiger partial charge on any atom is -0.444 e. The second kappa shape index (κ2) is 35.3. The van der Waals surface area contributed by atoms with Crippen LogP contribution in [-0.2, 0) is 28.4 Å². The summed E-state index contributed by atoms with van der Waals surface area (Å²) in [6.45, 7) is 35.8. The van der Waals surface area contributed by atoms with Gasteiger partial charge in [0, 0.05) is 93.0 Å². The Morgan fingerprint density at radius 3 is 1.06 bits per heavy atom. The van der Waals surface area contributed by atoms with Crippen LogP contribution in [-0.4, -0.2) is 155 Å². The number of nitrogen functional groups attached to an aromatic ring is 5. The first-order chi connectivity index (χ1) is 46.3. The summed E-state index contributed by atoms with van der Waals surface area (Å²) < 4.78 is 32.9. The number of ether oxygens (including phenoxy) is 6. The van der Waals surface area contributed by atoms with Crippen molar-refractivity contribution in [1.82, 2.24) is 24.5 Å². The van der Waals surface area contributed by atoms with Crippen molar-refractivity contribution in [2.75, 3.05) is 106 Å². The topological polar surface area (TPSA) is 290 Å². The van der Waals surface area contributed by atoms with E-state index in [2.05, 4.69) is 17.0 Å². The molecule has 3 unspecified atom stereocenters. The smallest absolute Gasteiger partial charge is 0.410 e. The number of hydrogen-bond donors (Lipinski definition) is 5. The minimum absolute atomic E-state index is 0.0965. The summed E-state index contributed by atoms with van der Waals surface area (Å²) in [5.41, 5.74) is 35.7. The first kappa shape index (κ1) is 79.2. The van der Waals surface area contributed by atoms with E-state index in [4.69, 9.17) is 57.1 Å². The fourth-order valence-electron chi connectivity index (χ4n) is 11.6. The van der Waals surface area contributed by atoms with E-state index in [-0.39, 0.29) is 48.7 Å². The SMILES string of the molecule is CC(C)(C)OC(=O)N1CCC(c2ccc(N)cc2)CC1.CC(C)(C)OC(=O)N1CCCC1c1ccc(N)cc1.CC(C)(C)OC(=O)N1CCCCC1c1ccc(N)cc1.CC(C)(C)OC(=O)N1CCN(c2ccc(N)cc2)CC1.CC(C)(C)OC(=O)N1CCOC(c2ccc(N)cc2)C1. The van der Waals surface area contributed by atoms with Crippen LogP contribution in [0.15, 0.2) is 121 Å². The fourth-order valence-corrected chi connectivity index (χ4v) is 11.6. The van der Waals surface area contributed by atoms with Crippen molar-refractivity contribution in [1.29, 1.82) is 0 Å². The van der Waals surface area contributed by atoms with E-state index in [1.807, 2.05) is 223 Å². The molecule has 10 rings (SSSR count). The van der Waals surface area contributed by atoms with Crippen molar-refractivity contribution >= 4 is 64.6 Å². The molecule has 0 aliphatic carbocycles. The van der Waals surface area contributed by atoms with Gasteiger partial charge in [-0.25, -0.2) is 24.0 Å². The van der Waals surface area contributed by atoms with Crippen LogP contribution in [0.5, 0.6) is 0 Å². The Kier molecular flexibility index (Phi) is 28.2. The van der Waals surface area contributed by atoms with Crippen molar-refractivity contribution < 1.29 is 52.4 Å². The van der Waals surface area contributed by atoms with Crippen molar-refractivity contribution in [2.45, 2.75) is 201 Å². The van der Waals surface area contributed by atoms with Crippen LogP contribution in [0.1, 0.15) is 195 Å². The molecule has 5 saturated heterocycles. The molecule has 5 aromatic rings. The number of piperazine rings is 1. The molecule has 0 aromatic heterocycles. The van der Waals surface area contributed by atoms with E-state index >= 15 is 0 Å². The number of nitrogens with two attached hydrogens (primary N) is 5. The first-order valence-electron chi connectivity index (χ1n) is 34.9. The van der Waals surface area contributed by atoms with Gasteiger partial charge in [0.15, 0.2) is 0 Å². The molecule has 99 heavy (non-hydrogen) atoms. The van der Waals surface area contributed by atoms with Gasteiger partial charge in [-0.05, 0) is 250 Å². The van der Waals surface area contributed by atoms with E-state index in [0.29, 0.717) is 44.4 Å². The number of hydrogen-bond acceptors (Lipinski definition) is 17. The summed E-state index contributed by atoms with van der Waals surface area (Å²) in [7, 11) is 0. The third-order valence-electron chi connectivity index (χ3n) is 16.4. The molecule has 5 heterocycles. The Morgan fingerprint density at radius 2 is 0.667 bits per heavy atom. The molecule has 0 bridgehead atoms. The number of carbonyl (C=O) groups excluding carboxylic acids is 5. The zero-order valence-electron chi connectivity index (χ0n) is 61.6. The normalized spacial score (nSPS) is 18.4. The summed E-state index contributed by atoms with van der Waals surface area (Å²) in [6, 6.07) is 39.1. The molecule has 3 atom stereocenters. The molecule has 544 valence electrons. The third-order valence-corrected chi connectivity index (χ3v) is 16.4. The molecule has 0 saturated carbocycles. The van der Waals surface area contributed by atoms with Gasteiger partial charge >= 0.3 is 30.5 Å². The van der Waals surface area contributed by atoms with Gasteiger partial charge in [0.1, 0.15) is 34.1 Å². The van der Waals surface area contributed by atoms with Crippen LogP contribution < -0.4 is 33.6 Å². The predicted octanol–water partition coefficient (Wildman–Crippen LogP) is 15.4. The lowest BCUT2D eigenvalue weighted by Crippen LogP contribution is -2.50. The molecule has 5 amide bonds. The number of nitrogens with zero attached hydrogens (tertiary/aromatic N) is 6. The largest absolute Gasteiger partial charge is 0.444 e. The van der Waals surface area contributed by atoms with Gasteiger partial charge in [0.2, 0.25) is 0 Å². The van der Waals surface area contributed by atoms with Crippen molar-refractivity contribution in [3.63, 3.8) is 0 Å². The lowest BCUT2D eigenvalue weighted by atomic mass is 9.89. The van der Waals surface area contributed by atoms with Gasteiger partial charge in [-0.3, -0.25) is 0 Å². The Morgan fingerprint density at radius 1 is 0.343 bits per heavy atom. The molecule has 22 heteroatoms. The second-order valence-corrected chi connectivity index (χ2v) is 30.8. The highest BCUT2D eigenvalue weighted by molar-refractivity contribution is 5.71. The van der Waals surface area contributed by atoms with Crippen LogP contribution in [0.3, 0.4) is 0 Å². The van der Waals surface area contributed by atoms with E-state index in [1.54, 1.807) is 14.7 Å². The van der Waals surface area contributed by atoms with Crippen LogP contribution in [0, 0.1) is 0 Å². The van der Waals surface area contributed by atoms with Crippen molar-refractivity contribution in [2.24, 2.45) is 0 Å². The highest BCUT2D eigenvalue weighted by Crippen LogP contribution is 2.36. The predicted molar refractivity (Wildman–Crippen MR) is 395 cm³/mol. The highest BCUT2D eigenvalue weighted by Gasteiger charge is 2.35.